The van der Waals surface area contributed by atoms with Gasteiger partial charge in [-0.2, -0.15) is 0 Å². The number of carbonyl (C=O) groups is 3. The third kappa shape index (κ3) is 5.89. The fraction of sp³-hybridized carbons (Fsp3) is 0.464. The predicted molar refractivity (Wildman–Crippen MR) is 137 cm³/mol. The molecule has 0 N–H and O–H groups in total. The molecule has 3 amide bonds. The maximum absolute atomic E-state index is 13.7. The van der Waals surface area contributed by atoms with Crippen molar-refractivity contribution >= 4 is 29.1 Å². The van der Waals surface area contributed by atoms with Crippen molar-refractivity contribution in [2.24, 2.45) is 11.3 Å². The smallest absolute Gasteiger partial charge is 0.324 e. The molecular weight excluding hydrogens is 445 g/mol. The zero-order valence-corrected chi connectivity index (χ0v) is 21.3. The Morgan fingerprint density at radius 3 is 2.03 bits per heavy atom. The van der Waals surface area contributed by atoms with Crippen molar-refractivity contribution in [2.75, 3.05) is 29.9 Å². The molecule has 1 saturated heterocycles. The summed E-state index contributed by atoms with van der Waals surface area (Å²) < 4.78 is 13.3. The van der Waals surface area contributed by atoms with Gasteiger partial charge < -0.3 is 9.80 Å². The van der Waals surface area contributed by atoms with Gasteiger partial charge in [-0.15, -0.1) is 0 Å². The molecule has 0 aromatic heterocycles. The van der Waals surface area contributed by atoms with Gasteiger partial charge in [0.05, 0.1) is 0 Å². The van der Waals surface area contributed by atoms with E-state index in [0.717, 1.165) is 5.69 Å². The number of hydrogen-bond donors (Lipinski definition) is 0. The van der Waals surface area contributed by atoms with E-state index in [1.54, 1.807) is 31.0 Å². The van der Waals surface area contributed by atoms with E-state index in [1.807, 2.05) is 42.2 Å². The van der Waals surface area contributed by atoms with Gasteiger partial charge in [-0.25, -0.2) is 9.18 Å². The second kappa shape index (κ2) is 11.0. The van der Waals surface area contributed by atoms with E-state index in [9.17, 15) is 18.8 Å². The van der Waals surface area contributed by atoms with E-state index in [4.69, 9.17) is 0 Å². The Labute approximate surface area is 207 Å². The minimum atomic E-state index is -0.800. The number of ketones is 1. The number of nitrogens with zero attached hydrogens (tertiary/aromatic N) is 3. The number of carbonyl (C=O) groups excluding carboxylic acids is 3. The van der Waals surface area contributed by atoms with Crippen molar-refractivity contribution in [3.63, 3.8) is 0 Å². The molecule has 0 radical (unpaired) electrons. The number of anilines is 2. The molecule has 1 fully saturated rings. The highest BCUT2D eigenvalue weighted by atomic mass is 19.1. The highest BCUT2D eigenvalue weighted by Crippen LogP contribution is 2.38. The lowest BCUT2D eigenvalue weighted by molar-refractivity contribution is -0.135. The topological polar surface area (TPSA) is 60.9 Å². The van der Waals surface area contributed by atoms with Crippen molar-refractivity contribution in [2.45, 2.75) is 53.0 Å². The molecule has 0 bridgehead atoms. The number of hydrogen-bond acceptors (Lipinski definition) is 3. The lowest BCUT2D eigenvalue weighted by Gasteiger charge is -2.42. The first-order valence-corrected chi connectivity index (χ1v) is 12.2. The Balaban J connectivity index is 1.74. The third-order valence-corrected chi connectivity index (χ3v) is 7.40. The maximum atomic E-state index is 13.7. The zero-order chi connectivity index (χ0) is 25.8. The Bertz CT molecular complexity index is 1030. The van der Waals surface area contributed by atoms with E-state index in [1.165, 1.54) is 17.0 Å². The summed E-state index contributed by atoms with van der Waals surface area (Å²) in [6, 6.07) is 15.1. The summed E-state index contributed by atoms with van der Waals surface area (Å²) >= 11 is 0. The molecule has 1 atom stereocenters. The molecule has 6 nitrogen and oxygen atoms in total. The third-order valence-electron chi connectivity index (χ3n) is 7.40. The van der Waals surface area contributed by atoms with Crippen LogP contribution in [0, 0.1) is 17.2 Å². The van der Waals surface area contributed by atoms with E-state index in [-0.39, 0.29) is 41.9 Å². The number of piperidine rings is 1. The van der Waals surface area contributed by atoms with Gasteiger partial charge >= 0.3 is 6.03 Å². The van der Waals surface area contributed by atoms with Crippen LogP contribution in [-0.4, -0.2) is 48.8 Å². The Hall–Kier alpha value is -3.22. The molecule has 0 saturated carbocycles. The summed E-state index contributed by atoms with van der Waals surface area (Å²) in [5.41, 5.74) is 0.619. The van der Waals surface area contributed by atoms with Crippen LogP contribution in [0.25, 0.3) is 0 Å². The first-order valence-electron chi connectivity index (χ1n) is 12.2. The standard InChI is InChI=1S/C28H36FN3O3/c1-20(2)21(3)32(25-9-7-6-8-10-25)26(34)19-28(22(4)33)15-17-31(18-16-28)27(35)30(5)24-13-11-23(29)12-14-24/h6-14,20-21H,15-19H2,1-5H3. The molecular formula is C28H36FN3O3. The van der Waals surface area contributed by atoms with Crippen LogP contribution in [0.15, 0.2) is 54.6 Å². The summed E-state index contributed by atoms with van der Waals surface area (Å²) in [6.45, 7) is 8.49. The molecule has 2 aromatic carbocycles. The Kier molecular flexibility index (Phi) is 8.30. The van der Waals surface area contributed by atoms with Crippen molar-refractivity contribution in [3.8, 4) is 0 Å². The van der Waals surface area contributed by atoms with Crippen molar-refractivity contribution in [3.05, 3.63) is 60.4 Å². The van der Waals surface area contributed by atoms with Gasteiger partial charge in [0.15, 0.2) is 0 Å². The van der Waals surface area contributed by atoms with Crippen LogP contribution < -0.4 is 9.80 Å². The van der Waals surface area contributed by atoms with Gasteiger partial charge in [-0.3, -0.25) is 14.5 Å². The number of likely N-dealkylation sites (tertiary alicyclic amines) is 1. The summed E-state index contributed by atoms with van der Waals surface area (Å²) in [7, 11) is 1.65. The number of para-hydroxylation sites is 1. The lowest BCUT2D eigenvalue weighted by Crippen LogP contribution is -2.52. The quantitative estimate of drug-likeness (QED) is 0.523. The first kappa shape index (κ1) is 26.4. The van der Waals surface area contributed by atoms with Gasteiger partial charge in [-0.1, -0.05) is 32.0 Å². The van der Waals surface area contributed by atoms with Gasteiger partial charge in [0, 0.05) is 49.4 Å². The summed E-state index contributed by atoms with van der Waals surface area (Å²) in [5, 5.41) is 0. The minimum absolute atomic E-state index is 0.0185. The molecule has 1 unspecified atom stereocenters. The van der Waals surface area contributed by atoms with Crippen molar-refractivity contribution < 1.29 is 18.8 Å². The monoisotopic (exact) mass is 481 g/mol. The maximum Gasteiger partial charge on any atom is 0.324 e. The van der Waals surface area contributed by atoms with Gasteiger partial charge in [0.2, 0.25) is 5.91 Å². The van der Waals surface area contributed by atoms with Crippen LogP contribution in [0.1, 0.15) is 47.0 Å². The molecule has 1 heterocycles. The molecule has 1 aliphatic heterocycles. The van der Waals surface area contributed by atoms with Gasteiger partial charge in [0.1, 0.15) is 11.6 Å². The van der Waals surface area contributed by atoms with Crippen LogP contribution >= 0.6 is 0 Å². The molecule has 3 rings (SSSR count). The summed E-state index contributed by atoms with van der Waals surface area (Å²) in [5.74, 6) is -0.209. The second-order valence-electron chi connectivity index (χ2n) is 9.90. The number of Topliss-reactive ketones (excluding diaryl/α,β-unsaturated/α-hetero) is 1. The molecule has 188 valence electrons. The molecule has 1 aliphatic rings. The molecule has 35 heavy (non-hydrogen) atoms. The SMILES string of the molecule is CC(=O)C1(CC(=O)N(c2ccccc2)C(C)C(C)C)CCN(C(=O)N(C)c2ccc(F)cc2)CC1. The normalized spacial score (nSPS) is 16.0. The fourth-order valence-electron chi connectivity index (χ4n) is 4.63. The molecule has 0 spiro atoms. The van der Waals surface area contributed by atoms with Crippen LogP contribution in [0.5, 0.6) is 0 Å². The number of rotatable bonds is 7. The van der Waals surface area contributed by atoms with Gasteiger partial charge in [0.25, 0.3) is 0 Å². The van der Waals surface area contributed by atoms with Crippen LogP contribution in [-0.2, 0) is 9.59 Å². The lowest BCUT2D eigenvalue weighted by atomic mass is 9.72. The number of benzene rings is 2. The summed E-state index contributed by atoms with van der Waals surface area (Å²) in [6.07, 6.45) is 0.968. The molecule has 2 aromatic rings. The predicted octanol–water partition coefficient (Wildman–Crippen LogP) is 5.52. The summed E-state index contributed by atoms with van der Waals surface area (Å²) in [4.78, 5) is 44.6. The highest BCUT2D eigenvalue weighted by molar-refractivity contribution is 5.98. The van der Waals surface area contributed by atoms with E-state index in [2.05, 4.69) is 13.8 Å². The average molecular weight is 482 g/mol. The fourth-order valence-corrected chi connectivity index (χ4v) is 4.63. The number of amides is 3. The minimum Gasteiger partial charge on any atom is -0.324 e. The van der Waals surface area contributed by atoms with E-state index >= 15 is 0 Å². The van der Waals surface area contributed by atoms with Crippen LogP contribution in [0.2, 0.25) is 0 Å². The largest absolute Gasteiger partial charge is 0.324 e. The average Bonchev–Trinajstić information content (AvgIpc) is 2.84. The van der Waals surface area contributed by atoms with Crippen molar-refractivity contribution in [1.82, 2.24) is 4.90 Å². The van der Waals surface area contributed by atoms with Crippen LogP contribution in [0.3, 0.4) is 0 Å². The Morgan fingerprint density at radius 2 is 1.51 bits per heavy atom. The van der Waals surface area contributed by atoms with E-state index in [0.29, 0.717) is 31.6 Å². The van der Waals surface area contributed by atoms with Crippen molar-refractivity contribution in [1.29, 1.82) is 0 Å². The second-order valence-corrected chi connectivity index (χ2v) is 9.90. The van der Waals surface area contributed by atoms with Gasteiger partial charge in [-0.05, 0) is 69.0 Å². The Morgan fingerprint density at radius 1 is 0.943 bits per heavy atom. The van der Waals surface area contributed by atoms with Crippen LogP contribution in [0.4, 0.5) is 20.6 Å². The highest BCUT2D eigenvalue weighted by Gasteiger charge is 2.43. The first-order chi connectivity index (χ1) is 16.6. The van der Waals surface area contributed by atoms with E-state index < -0.39 is 5.41 Å². The number of urea groups is 1. The molecule has 7 heteroatoms. The number of halogens is 1. The zero-order valence-electron chi connectivity index (χ0n) is 21.3. The molecule has 0 aliphatic carbocycles.